The highest BCUT2D eigenvalue weighted by Gasteiger charge is 2.29. The highest BCUT2D eigenvalue weighted by atomic mass is 16.6. The number of fused-ring (bicyclic) bond motifs is 1. The SMILES string of the molecule is CCOC(=O)c1nc2ncccn2c1[N+](=O)[O-]. The molecule has 17 heavy (non-hydrogen) atoms. The fourth-order valence-corrected chi connectivity index (χ4v) is 1.39. The highest BCUT2D eigenvalue weighted by molar-refractivity contribution is 5.92. The van der Waals surface area contributed by atoms with Crippen LogP contribution in [-0.2, 0) is 4.74 Å². The third-order valence-corrected chi connectivity index (χ3v) is 2.02. The van der Waals surface area contributed by atoms with Crippen molar-refractivity contribution in [3.8, 4) is 0 Å². The quantitative estimate of drug-likeness (QED) is 0.444. The number of nitrogens with zero attached hydrogens (tertiary/aromatic N) is 4. The third kappa shape index (κ3) is 1.80. The van der Waals surface area contributed by atoms with Gasteiger partial charge in [-0.2, -0.15) is 14.4 Å². The number of esters is 1. The van der Waals surface area contributed by atoms with Gasteiger partial charge < -0.3 is 14.9 Å². The first-order chi connectivity index (χ1) is 8.15. The van der Waals surface area contributed by atoms with Crippen LogP contribution < -0.4 is 0 Å². The number of imidazole rings is 1. The first-order valence-corrected chi connectivity index (χ1v) is 4.79. The number of aromatic nitrogens is 3. The molecular formula is C9H8N4O4. The Hall–Kier alpha value is -2.51. The normalized spacial score (nSPS) is 10.4. The molecule has 2 heterocycles. The first kappa shape index (κ1) is 11.0. The minimum absolute atomic E-state index is 0.0854. The van der Waals surface area contributed by atoms with Crippen LogP contribution in [0.5, 0.6) is 0 Å². The molecule has 0 aromatic carbocycles. The van der Waals surface area contributed by atoms with Gasteiger partial charge in [-0.1, -0.05) is 0 Å². The van der Waals surface area contributed by atoms with Crippen molar-refractivity contribution in [3.05, 3.63) is 34.3 Å². The number of carbonyl (C=O) groups excluding carboxylic acids is 1. The van der Waals surface area contributed by atoms with E-state index in [9.17, 15) is 14.9 Å². The Kier molecular flexibility index (Phi) is 2.69. The fourth-order valence-electron chi connectivity index (χ4n) is 1.39. The standard InChI is InChI=1S/C9H8N4O4/c1-2-17-8(14)6-7(13(15)16)12-5-3-4-10-9(12)11-6/h3-5H,2H2,1H3. The molecule has 0 N–H and O–H groups in total. The predicted molar refractivity (Wildman–Crippen MR) is 55.6 cm³/mol. The first-order valence-electron chi connectivity index (χ1n) is 4.79. The Balaban J connectivity index is 2.66. The fraction of sp³-hybridized carbons (Fsp3) is 0.222. The summed E-state index contributed by atoms with van der Waals surface area (Å²) in [6.45, 7) is 1.73. The van der Waals surface area contributed by atoms with E-state index in [1.807, 2.05) is 0 Å². The topological polar surface area (TPSA) is 99.6 Å². The van der Waals surface area contributed by atoms with Crippen molar-refractivity contribution in [1.82, 2.24) is 14.4 Å². The molecule has 0 saturated heterocycles. The van der Waals surface area contributed by atoms with E-state index in [0.29, 0.717) is 0 Å². The lowest BCUT2D eigenvalue weighted by Crippen LogP contribution is -2.08. The number of nitro groups is 1. The molecule has 2 aromatic heterocycles. The summed E-state index contributed by atoms with van der Waals surface area (Å²) in [5.74, 6) is -1.18. The molecular weight excluding hydrogens is 228 g/mol. The van der Waals surface area contributed by atoms with Crippen LogP contribution >= 0.6 is 0 Å². The Morgan fingerprint density at radius 1 is 1.65 bits per heavy atom. The van der Waals surface area contributed by atoms with Crippen LogP contribution in [0.4, 0.5) is 5.82 Å². The number of carbonyl (C=O) groups is 1. The molecule has 0 spiro atoms. The van der Waals surface area contributed by atoms with Crippen LogP contribution in [0.3, 0.4) is 0 Å². The lowest BCUT2D eigenvalue weighted by molar-refractivity contribution is -0.390. The van der Waals surface area contributed by atoms with E-state index in [1.54, 1.807) is 6.92 Å². The van der Waals surface area contributed by atoms with Crippen LogP contribution in [0.15, 0.2) is 18.5 Å². The summed E-state index contributed by atoms with van der Waals surface area (Å²) in [6.07, 6.45) is 2.84. The van der Waals surface area contributed by atoms with Crippen molar-refractivity contribution >= 4 is 17.6 Å². The van der Waals surface area contributed by atoms with Crippen molar-refractivity contribution in [2.24, 2.45) is 0 Å². The van der Waals surface area contributed by atoms with Crippen molar-refractivity contribution in [1.29, 1.82) is 0 Å². The minimum atomic E-state index is -0.829. The Labute approximate surface area is 95.0 Å². The maximum Gasteiger partial charge on any atom is 0.365 e. The zero-order valence-electron chi connectivity index (χ0n) is 8.86. The van der Waals surface area contributed by atoms with E-state index in [0.717, 1.165) is 4.40 Å². The summed E-state index contributed by atoms with van der Waals surface area (Å²) in [4.78, 5) is 29.4. The Morgan fingerprint density at radius 2 is 2.41 bits per heavy atom. The third-order valence-electron chi connectivity index (χ3n) is 2.02. The molecule has 0 fully saturated rings. The van der Waals surface area contributed by atoms with Crippen LogP contribution in [0.2, 0.25) is 0 Å². The van der Waals surface area contributed by atoms with Gasteiger partial charge in [-0.15, -0.1) is 0 Å². The van der Waals surface area contributed by atoms with Gasteiger partial charge in [0.25, 0.3) is 0 Å². The molecule has 0 aliphatic rings. The summed E-state index contributed by atoms with van der Waals surface area (Å²) in [7, 11) is 0. The molecule has 0 amide bonds. The zero-order chi connectivity index (χ0) is 12.4. The van der Waals surface area contributed by atoms with Crippen molar-refractivity contribution < 1.29 is 14.5 Å². The van der Waals surface area contributed by atoms with Gasteiger partial charge in [-0.05, 0) is 17.9 Å². The van der Waals surface area contributed by atoms with Gasteiger partial charge in [0.2, 0.25) is 5.69 Å². The number of hydrogen-bond donors (Lipinski definition) is 0. The average molecular weight is 236 g/mol. The minimum Gasteiger partial charge on any atom is -0.461 e. The van der Waals surface area contributed by atoms with Crippen molar-refractivity contribution in [2.45, 2.75) is 6.92 Å². The molecule has 0 aliphatic heterocycles. The predicted octanol–water partition coefficient (Wildman–Crippen LogP) is 0.814. The van der Waals surface area contributed by atoms with Gasteiger partial charge in [0, 0.05) is 6.20 Å². The van der Waals surface area contributed by atoms with E-state index in [-0.39, 0.29) is 18.1 Å². The molecule has 0 aliphatic carbocycles. The lowest BCUT2D eigenvalue weighted by atomic mass is 10.4. The molecule has 8 heteroatoms. The monoisotopic (exact) mass is 236 g/mol. The van der Waals surface area contributed by atoms with Gasteiger partial charge in [-0.25, -0.2) is 4.79 Å². The summed E-state index contributed by atoms with van der Waals surface area (Å²) >= 11 is 0. The Morgan fingerprint density at radius 3 is 3.06 bits per heavy atom. The van der Waals surface area contributed by atoms with Crippen LogP contribution in [0, 0.1) is 10.1 Å². The lowest BCUT2D eigenvalue weighted by Gasteiger charge is -1.98. The number of rotatable bonds is 3. The largest absolute Gasteiger partial charge is 0.461 e. The second-order valence-electron chi connectivity index (χ2n) is 3.05. The van der Waals surface area contributed by atoms with Crippen molar-refractivity contribution in [2.75, 3.05) is 6.61 Å². The second-order valence-corrected chi connectivity index (χ2v) is 3.05. The maximum absolute atomic E-state index is 11.5. The number of ether oxygens (including phenoxy) is 1. The van der Waals surface area contributed by atoms with Crippen LogP contribution in [0.1, 0.15) is 17.4 Å². The highest BCUT2D eigenvalue weighted by Crippen LogP contribution is 2.19. The Bertz CT molecular complexity index is 592. The van der Waals surface area contributed by atoms with Gasteiger partial charge in [0.15, 0.2) is 0 Å². The van der Waals surface area contributed by atoms with E-state index in [2.05, 4.69) is 9.97 Å². The number of hydrogen-bond acceptors (Lipinski definition) is 6. The molecule has 8 nitrogen and oxygen atoms in total. The molecule has 2 aromatic rings. The summed E-state index contributed by atoms with van der Waals surface area (Å²) in [5.41, 5.74) is -0.337. The smallest absolute Gasteiger partial charge is 0.365 e. The maximum atomic E-state index is 11.5. The molecule has 0 unspecified atom stereocenters. The van der Waals surface area contributed by atoms with Crippen LogP contribution in [-0.4, -0.2) is 31.9 Å². The van der Waals surface area contributed by atoms with Gasteiger partial charge in [-0.3, -0.25) is 0 Å². The zero-order valence-corrected chi connectivity index (χ0v) is 8.86. The molecule has 2 rings (SSSR count). The van der Waals surface area contributed by atoms with Gasteiger partial charge in [0.1, 0.15) is 6.20 Å². The molecule has 0 atom stereocenters. The van der Waals surface area contributed by atoms with E-state index in [4.69, 9.17) is 4.74 Å². The summed E-state index contributed by atoms with van der Waals surface area (Å²) in [6, 6.07) is 1.51. The molecule has 0 saturated carbocycles. The second kappa shape index (κ2) is 4.16. The van der Waals surface area contributed by atoms with Gasteiger partial charge in [0.05, 0.1) is 6.61 Å². The molecule has 0 radical (unpaired) electrons. The van der Waals surface area contributed by atoms with E-state index in [1.165, 1.54) is 18.5 Å². The average Bonchev–Trinajstić information content (AvgIpc) is 2.68. The molecule has 0 bridgehead atoms. The van der Waals surface area contributed by atoms with E-state index >= 15 is 0 Å². The van der Waals surface area contributed by atoms with Gasteiger partial charge >= 0.3 is 17.6 Å². The summed E-state index contributed by atoms with van der Waals surface area (Å²) < 4.78 is 5.83. The van der Waals surface area contributed by atoms with Crippen LogP contribution in [0.25, 0.3) is 5.78 Å². The van der Waals surface area contributed by atoms with E-state index < -0.39 is 16.7 Å². The molecule has 88 valence electrons. The summed E-state index contributed by atoms with van der Waals surface area (Å²) in [5, 5.41) is 10.9. The van der Waals surface area contributed by atoms with Crippen molar-refractivity contribution in [3.63, 3.8) is 0 Å².